The van der Waals surface area contributed by atoms with E-state index in [1.54, 1.807) is 4.68 Å². The normalized spacial score (nSPS) is 22.6. The van der Waals surface area contributed by atoms with E-state index in [0.717, 1.165) is 44.7 Å². The topological polar surface area (TPSA) is 65.2 Å². The number of benzene rings is 1. The van der Waals surface area contributed by atoms with Crippen molar-refractivity contribution in [2.24, 2.45) is 13.0 Å². The monoisotopic (exact) mass is 349 g/mol. The molecular weight excluding hydrogens is 326 g/mol. The van der Waals surface area contributed by atoms with E-state index < -0.39 is 0 Å². The van der Waals surface area contributed by atoms with Gasteiger partial charge >= 0.3 is 0 Å². The van der Waals surface area contributed by atoms with Crippen molar-refractivity contribution in [3.8, 4) is 6.07 Å². The molecule has 26 heavy (non-hydrogen) atoms. The number of carbonyl (C=O) groups excluding carboxylic acids is 1. The number of amides is 1. The molecule has 6 heteroatoms. The molecule has 0 unspecified atom stereocenters. The molecule has 2 aromatic rings. The van der Waals surface area contributed by atoms with Gasteiger partial charge in [0.05, 0.1) is 17.4 Å². The van der Waals surface area contributed by atoms with Gasteiger partial charge in [0.15, 0.2) is 0 Å². The van der Waals surface area contributed by atoms with Crippen LogP contribution in [0.1, 0.15) is 29.9 Å². The number of aryl methyl sites for hydroxylation is 1. The van der Waals surface area contributed by atoms with Gasteiger partial charge < -0.3 is 9.80 Å². The molecule has 4 rings (SSSR count). The SMILES string of the molecule is Cn1cc([C@@H]2C[C@H]2C(=O)N2CCCN(c3ccccc3C#N)CC2)cn1. The second-order valence-corrected chi connectivity index (χ2v) is 7.19. The van der Waals surface area contributed by atoms with Crippen molar-refractivity contribution in [3.05, 3.63) is 47.8 Å². The lowest BCUT2D eigenvalue weighted by Gasteiger charge is -2.24. The average Bonchev–Trinajstić information content (AvgIpc) is 3.40. The van der Waals surface area contributed by atoms with Gasteiger partial charge in [-0.1, -0.05) is 12.1 Å². The molecule has 1 aromatic carbocycles. The van der Waals surface area contributed by atoms with Crippen molar-refractivity contribution >= 4 is 11.6 Å². The standard InChI is InChI=1S/C20H23N5O/c1-23-14-16(13-22-23)17-11-18(17)20(26)25-8-4-7-24(9-10-25)19-6-3-2-5-15(19)12-21/h2-3,5-6,13-14,17-18H,4,7-11H2,1H3/t17-,18+/m0/s1. The first kappa shape index (κ1) is 16.6. The third-order valence-corrected chi connectivity index (χ3v) is 5.43. The highest BCUT2D eigenvalue weighted by Gasteiger charge is 2.46. The van der Waals surface area contributed by atoms with Gasteiger partial charge in [0, 0.05) is 45.3 Å². The first-order chi connectivity index (χ1) is 12.7. The van der Waals surface area contributed by atoms with Crippen LogP contribution in [0.5, 0.6) is 0 Å². The molecule has 0 radical (unpaired) electrons. The molecule has 2 fully saturated rings. The van der Waals surface area contributed by atoms with Crippen LogP contribution in [0.4, 0.5) is 5.69 Å². The Morgan fingerprint density at radius 1 is 1.23 bits per heavy atom. The van der Waals surface area contributed by atoms with E-state index in [0.29, 0.717) is 11.5 Å². The van der Waals surface area contributed by atoms with Gasteiger partial charge in [-0.2, -0.15) is 10.4 Å². The summed E-state index contributed by atoms with van der Waals surface area (Å²) in [6, 6.07) is 9.97. The van der Waals surface area contributed by atoms with Crippen LogP contribution in [-0.4, -0.2) is 46.8 Å². The minimum absolute atomic E-state index is 0.108. The van der Waals surface area contributed by atoms with Crippen LogP contribution < -0.4 is 4.90 Å². The molecule has 2 atom stereocenters. The summed E-state index contributed by atoms with van der Waals surface area (Å²) < 4.78 is 1.80. The van der Waals surface area contributed by atoms with Crippen LogP contribution in [0.25, 0.3) is 0 Å². The highest BCUT2D eigenvalue weighted by atomic mass is 16.2. The number of nitriles is 1. The van der Waals surface area contributed by atoms with Gasteiger partial charge in [0.2, 0.25) is 5.91 Å². The molecule has 1 saturated heterocycles. The van der Waals surface area contributed by atoms with Gasteiger partial charge in [-0.05, 0) is 36.5 Å². The summed E-state index contributed by atoms with van der Waals surface area (Å²) in [4.78, 5) is 17.1. The number of anilines is 1. The zero-order chi connectivity index (χ0) is 18.1. The molecule has 1 amide bonds. The maximum Gasteiger partial charge on any atom is 0.226 e. The quantitative estimate of drug-likeness (QED) is 0.851. The lowest BCUT2D eigenvalue weighted by molar-refractivity contribution is -0.132. The Morgan fingerprint density at radius 3 is 2.85 bits per heavy atom. The molecule has 1 aromatic heterocycles. The Morgan fingerprint density at radius 2 is 2.08 bits per heavy atom. The predicted octanol–water partition coefficient (Wildman–Crippen LogP) is 2.13. The molecular formula is C20H23N5O. The summed E-state index contributed by atoms with van der Waals surface area (Å²) in [6.45, 7) is 3.16. The highest BCUT2D eigenvalue weighted by molar-refractivity contribution is 5.83. The van der Waals surface area contributed by atoms with Gasteiger partial charge in [-0.25, -0.2) is 0 Å². The Bertz CT molecular complexity index is 852. The summed E-state index contributed by atoms with van der Waals surface area (Å²) in [5, 5.41) is 13.5. The fraction of sp³-hybridized carbons (Fsp3) is 0.450. The van der Waals surface area contributed by atoms with Gasteiger partial charge in [0.1, 0.15) is 6.07 Å². The van der Waals surface area contributed by atoms with Crippen LogP contribution in [0, 0.1) is 17.2 Å². The third-order valence-electron chi connectivity index (χ3n) is 5.43. The molecule has 2 aliphatic rings. The van der Waals surface area contributed by atoms with E-state index >= 15 is 0 Å². The van der Waals surface area contributed by atoms with Crippen molar-refractivity contribution in [3.63, 3.8) is 0 Å². The van der Waals surface area contributed by atoms with Gasteiger partial charge in [-0.3, -0.25) is 9.48 Å². The Labute approximate surface area is 153 Å². The van der Waals surface area contributed by atoms with E-state index in [4.69, 9.17) is 0 Å². The lowest BCUT2D eigenvalue weighted by atomic mass is 10.1. The van der Waals surface area contributed by atoms with Crippen molar-refractivity contribution in [1.29, 1.82) is 5.26 Å². The zero-order valence-corrected chi connectivity index (χ0v) is 15.0. The summed E-state index contributed by atoms with van der Waals surface area (Å²) in [6.07, 6.45) is 5.75. The molecule has 1 saturated carbocycles. The molecule has 1 aliphatic carbocycles. The van der Waals surface area contributed by atoms with Crippen molar-refractivity contribution in [1.82, 2.24) is 14.7 Å². The predicted molar refractivity (Wildman–Crippen MR) is 98.6 cm³/mol. The molecule has 2 heterocycles. The number of carbonyl (C=O) groups is 1. The van der Waals surface area contributed by atoms with Crippen LogP contribution >= 0.6 is 0 Å². The van der Waals surface area contributed by atoms with Gasteiger partial charge in [0.25, 0.3) is 0 Å². The summed E-state index contributed by atoms with van der Waals surface area (Å²) in [7, 11) is 1.91. The maximum absolute atomic E-state index is 12.9. The molecule has 6 nitrogen and oxygen atoms in total. The van der Waals surface area contributed by atoms with Gasteiger partial charge in [-0.15, -0.1) is 0 Å². The van der Waals surface area contributed by atoms with Crippen LogP contribution in [0.2, 0.25) is 0 Å². The average molecular weight is 349 g/mol. The maximum atomic E-state index is 12.9. The number of nitrogens with zero attached hydrogens (tertiary/aromatic N) is 5. The smallest absolute Gasteiger partial charge is 0.226 e. The minimum atomic E-state index is 0.108. The Balaban J connectivity index is 1.40. The van der Waals surface area contributed by atoms with Crippen molar-refractivity contribution < 1.29 is 4.79 Å². The minimum Gasteiger partial charge on any atom is -0.369 e. The number of para-hydroxylation sites is 1. The van der Waals surface area contributed by atoms with Crippen molar-refractivity contribution in [2.75, 3.05) is 31.1 Å². The zero-order valence-electron chi connectivity index (χ0n) is 15.0. The van der Waals surface area contributed by atoms with E-state index in [1.165, 1.54) is 5.56 Å². The molecule has 0 N–H and O–H groups in total. The summed E-state index contributed by atoms with van der Waals surface area (Å²) in [5.74, 6) is 0.710. The second-order valence-electron chi connectivity index (χ2n) is 7.19. The second kappa shape index (κ2) is 6.83. The third kappa shape index (κ3) is 3.17. The van der Waals surface area contributed by atoms with Crippen LogP contribution in [0.3, 0.4) is 0 Å². The highest BCUT2D eigenvalue weighted by Crippen LogP contribution is 2.48. The van der Waals surface area contributed by atoms with E-state index in [9.17, 15) is 10.1 Å². The fourth-order valence-electron chi connectivity index (χ4n) is 3.93. The fourth-order valence-corrected chi connectivity index (χ4v) is 3.93. The summed E-state index contributed by atoms with van der Waals surface area (Å²) in [5.41, 5.74) is 2.85. The van der Waals surface area contributed by atoms with E-state index in [1.807, 2.05) is 48.6 Å². The Hall–Kier alpha value is -2.81. The number of hydrogen-bond acceptors (Lipinski definition) is 4. The first-order valence-corrected chi connectivity index (χ1v) is 9.19. The molecule has 0 bridgehead atoms. The lowest BCUT2D eigenvalue weighted by Crippen LogP contribution is -2.36. The van der Waals surface area contributed by atoms with Crippen LogP contribution in [-0.2, 0) is 11.8 Å². The number of aromatic nitrogens is 2. The van der Waals surface area contributed by atoms with E-state index in [-0.39, 0.29) is 11.8 Å². The van der Waals surface area contributed by atoms with Crippen LogP contribution in [0.15, 0.2) is 36.7 Å². The first-order valence-electron chi connectivity index (χ1n) is 9.19. The molecule has 0 spiro atoms. The summed E-state index contributed by atoms with van der Waals surface area (Å²) >= 11 is 0. The number of rotatable bonds is 3. The molecule has 1 aliphatic heterocycles. The van der Waals surface area contributed by atoms with E-state index in [2.05, 4.69) is 16.1 Å². The largest absolute Gasteiger partial charge is 0.369 e. The Kier molecular flexibility index (Phi) is 4.37. The van der Waals surface area contributed by atoms with Crippen molar-refractivity contribution in [2.45, 2.75) is 18.8 Å². The number of hydrogen-bond donors (Lipinski definition) is 0. The molecule has 134 valence electrons.